The van der Waals surface area contributed by atoms with E-state index in [-0.39, 0.29) is 22.9 Å². The molecule has 188 valence electrons. The molecule has 2 aromatic heterocycles. The lowest BCUT2D eigenvalue weighted by Gasteiger charge is -2.27. The van der Waals surface area contributed by atoms with Crippen LogP contribution in [0.3, 0.4) is 0 Å². The van der Waals surface area contributed by atoms with Crippen molar-refractivity contribution in [3.8, 4) is 10.4 Å². The lowest BCUT2D eigenvalue weighted by molar-refractivity contribution is 0.185. The van der Waals surface area contributed by atoms with Crippen LogP contribution >= 0.6 is 11.3 Å². The van der Waals surface area contributed by atoms with Crippen LogP contribution in [-0.4, -0.2) is 41.2 Å². The smallest absolute Gasteiger partial charge is 0.404 e. The number of carbonyl (C=O) groups is 1. The van der Waals surface area contributed by atoms with Crippen LogP contribution in [0.4, 0.5) is 16.5 Å². The molecule has 35 heavy (non-hydrogen) atoms. The van der Waals surface area contributed by atoms with Crippen molar-refractivity contribution in [2.45, 2.75) is 68.8 Å². The first-order valence-corrected chi connectivity index (χ1v) is 13.6. The Labute approximate surface area is 208 Å². The van der Waals surface area contributed by atoms with Crippen molar-refractivity contribution in [2.24, 2.45) is 0 Å². The van der Waals surface area contributed by atoms with E-state index in [4.69, 9.17) is 9.52 Å². The molecular weight excluding hydrogens is 490 g/mol. The maximum absolute atomic E-state index is 13.4. The minimum absolute atomic E-state index is 0.0351. The molecule has 3 aromatic rings. The molecule has 0 aliphatic heterocycles. The second kappa shape index (κ2) is 9.96. The van der Waals surface area contributed by atoms with Crippen LogP contribution in [-0.2, 0) is 10.0 Å². The molecule has 4 rings (SSSR count). The number of hydrogen-bond donors (Lipinski definition) is 4. The van der Waals surface area contributed by atoms with Crippen molar-refractivity contribution in [3.05, 3.63) is 41.9 Å². The molecule has 12 heteroatoms. The summed E-state index contributed by atoms with van der Waals surface area (Å²) in [4.78, 5) is 20.4. The third-order valence-corrected chi connectivity index (χ3v) is 8.58. The molecule has 0 radical (unpaired) electrons. The molecule has 10 nitrogen and oxygen atoms in total. The highest BCUT2D eigenvalue weighted by atomic mass is 32.2. The van der Waals surface area contributed by atoms with Crippen molar-refractivity contribution in [1.82, 2.24) is 20.0 Å². The Kier molecular flexibility index (Phi) is 7.15. The molecule has 4 N–H and O–H groups in total. The standard InChI is InChI=1S/C23H29N5O5S2/c1-23(2,3)28-35(31,32)19-12-16(26-21-24-10-11-33-21)8-9-17(19)18-13-25-20(34-18)14-4-6-15(7-5-14)27-22(29)30/h8-15,27-28H,4-7H2,1-3H3,(H,24,26)(H,29,30)/t14-,15-. The topological polar surface area (TPSA) is 146 Å². The number of benzene rings is 1. The summed E-state index contributed by atoms with van der Waals surface area (Å²) in [7, 11) is -3.86. The van der Waals surface area contributed by atoms with Gasteiger partial charge in [-0.15, -0.1) is 11.3 Å². The third kappa shape index (κ3) is 6.38. The maximum atomic E-state index is 13.4. The molecule has 1 aromatic carbocycles. The second-order valence-electron chi connectivity index (χ2n) is 9.59. The average Bonchev–Trinajstić information content (AvgIpc) is 3.45. The van der Waals surface area contributed by atoms with Crippen LogP contribution in [0.1, 0.15) is 57.4 Å². The highest BCUT2D eigenvalue weighted by Crippen LogP contribution is 2.40. The summed E-state index contributed by atoms with van der Waals surface area (Å²) in [6, 6.07) is 5.33. The van der Waals surface area contributed by atoms with E-state index in [9.17, 15) is 13.2 Å². The number of thiazole rings is 1. The molecule has 1 saturated carbocycles. The van der Waals surface area contributed by atoms with Gasteiger partial charge >= 0.3 is 6.09 Å². The number of rotatable bonds is 7. The van der Waals surface area contributed by atoms with Crippen molar-refractivity contribution in [2.75, 3.05) is 5.32 Å². The van der Waals surface area contributed by atoms with E-state index < -0.39 is 21.7 Å². The summed E-state index contributed by atoms with van der Waals surface area (Å²) in [5.74, 6) is 0.222. The second-order valence-corrected chi connectivity index (χ2v) is 12.3. The summed E-state index contributed by atoms with van der Waals surface area (Å²) >= 11 is 1.48. The third-order valence-electron chi connectivity index (χ3n) is 5.59. The Balaban J connectivity index is 1.63. The van der Waals surface area contributed by atoms with Gasteiger partial charge in [0, 0.05) is 34.9 Å². The Bertz CT molecular complexity index is 1270. The molecule has 2 heterocycles. The number of nitrogens with one attached hydrogen (secondary N) is 3. The molecule has 1 fully saturated rings. The lowest BCUT2D eigenvalue weighted by Crippen LogP contribution is -2.40. The molecule has 0 atom stereocenters. The first kappa shape index (κ1) is 25.1. The van der Waals surface area contributed by atoms with Gasteiger partial charge in [-0.1, -0.05) is 6.07 Å². The number of nitrogens with zero attached hydrogens (tertiary/aromatic N) is 2. The van der Waals surface area contributed by atoms with Gasteiger partial charge in [-0.05, 0) is 58.6 Å². The van der Waals surface area contributed by atoms with Crippen molar-refractivity contribution in [3.63, 3.8) is 0 Å². The van der Waals surface area contributed by atoms with Crippen LogP contribution in [0.25, 0.3) is 10.4 Å². The zero-order valence-corrected chi connectivity index (χ0v) is 21.4. The minimum atomic E-state index is -3.86. The predicted molar refractivity (Wildman–Crippen MR) is 134 cm³/mol. The maximum Gasteiger partial charge on any atom is 0.404 e. The number of carboxylic acid groups (broad SMARTS) is 1. The average molecular weight is 520 g/mol. The molecule has 0 spiro atoms. The summed E-state index contributed by atoms with van der Waals surface area (Å²) in [5.41, 5.74) is 0.424. The van der Waals surface area contributed by atoms with Crippen LogP contribution in [0.15, 0.2) is 46.2 Å². The van der Waals surface area contributed by atoms with Crippen molar-refractivity contribution in [1.29, 1.82) is 0 Å². The van der Waals surface area contributed by atoms with E-state index in [1.54, 1.807) is 45.2 Å². The van der Waals surface area contributed by atoms with Crippen LogP contribution in [0.2, 0.25) is 0 Å². The molecule has 0 bridgehead atoms. The van der Waals surface area contributed by atoms with E-state index in [0.717, 1.165) is 35.6 Å². The normalized spacial score (nSPS) is 18.8. The van der Waals surface area contributed by atoms with E-state index in [2.05, 4.69) is 25.3 Å². The van der Waals surface area contributed by atoms with E-state index >= 15 is 0 Å². The minimum Gasteiger partial charge on any atom is -0.465 e. The largest absolute Gasteiger partial charge is 0.465 e. The van der Waals surface area contributed by atoms with Crippen LogP contribution in [0, 0.1) is 0 Å². The fraction of sp³-hybridized carbons (Fsp3) is 0.435. The SMILES string of the molecule is CC(C)(C)NS(=O)(=O)c1cc(Nc2ncco2)ccc1-c1cnc([C@H]2CC[C@H](NC(=O)O)CC2)s1. The number of anilines is 2. The Morgan fingerprint density at radius 1 is 1.17 bits per heavy atom. The van der Waals surface area contributed by atoms with Gasteiger partial charge in [-0.3, -0.25) is 0 Å². The number of amides is 1. The van der Waals surface area contributed by atoms with Gasteiger partial charge in [0.15, 0.2) is 0 Å². The van der Waals surface area contributed by atoms with Gasteiger partial charge in [-0.25, -0.2) is 27.9 Å². The van der Waals surface area contributed by atoms with Gasteiger partial charge in [-0.2, -0.15) is 0 Å². The highest BCUT2D eigenvalue weighted by Gasteiger charge is 2.28. The van der Waals surface area contributed by atoms with Gasteiger partial charge in [0.1, 0.15) is 6.26 Å². The van der Waals surface area contributed by atoms with Gasteiger partial charge in [0.2, 0.25) is 10.0 Å². The van der Waals surface area contributed by atoms with Crippen LogP contribution < -0.4 is 15.4 Å². The number of hydrogen-bond acceptors (Lipinski definition) is 8. The molecule has 1 amide bonds. The summed E-state index contributed by atoms with van der Waals surface area (Å²) in [6.07, 6.45) is 6.81. The lowest BCUT2D eigenvalue weighted by atomic mass is 9.86. The van der Waals surface area contributed by atoms with Gasteiger partial charge < -0.3 is 20.2 Å². The van der Waals surface area contributed by atoms with Crippen molar-refractivity contribution < 1.29 is 22.7 Å². The zero-order valence-electron chi connectivity index (χ0n) is 19.7. The Morgan fingerprint density at radius 3 is 2.54 bits per heavy atom. The first-order chi connectivity index (χ1) is 16.5. The summed E-state index contributed by atoms with van der Waals surface area (Å²) in [5, 5.41) is 15.4. The predicted octanol–water partition coefficient (Wildman–Crippen LogP) is 4.91. The fourth-order valence-electron chi connectivity index (χ4n) is 4.15. The Morgan fingerprint density at radius 2 is 1.91 bits per heavy atom. The van der Waals surface area contributed by atoms with E-state index in [1.807, 2.05) is 0 Å². The molecule has 0 saturated heterocycles. The Hall–Kier alpha value is -2.96. The number of oxazole rings is 1. The van der Waals surface area contributed by atoms with Gasteiger partial charge in [0.25, 0.3) is 6.01 Å². The monoisotopic (exact) mass is 519 g/mol. The van der Waals surface area contributed by atoms with E-state index in [0.29, 0.717) is 11.3 Å². The van der Waals surface area contributed by atoms with E-state index in [1.165, 1.54) is 23.8 Å². The molecular formula is C23H29N5O5S2. The zero-order chi connectivity index (χ0) is 25.2. The fourth-order valence-corrected chi connectivity index (χ4v) is 7.01. The van der Waals surface area contributed by atoms with Crippen molar-refractivity contribution >= 4 is 39.2 Å². The first-order valence-electron chi connectivity index (χ1n) is 11.3. The summed E-state index contributed by atoms with van der Waals surface area (Å²) in [6.45, 7) is 5.37. The highest BCUT2D eigenvalue weighted by molar-refractivity contribution is 7.89. The molecule has 1 aliphatic rings. The number of sulfonamides is 1. The molecule has 1 aliphatic carbocycles. The van der Waals surface area contributed by atoms with Gasteiger partial charge in [0.05, 0.1) is 21.0 Å². The number of aromatic nitrogens is 2. The molecule has 0 unspecified atom stereocenters. The van der Waals surface area contributed by atoms with Crippen LogP contribution in [0.5, 0.6) is 0 Å². The summed E-state index contributed by atoms with van der Waals surface area (Å²) < 4.78 is 34.7. The quantitative estimate of drug-likeness (QED) is 0.344.